The van der Waals surface area contributed by atoms with Crippen LogP contribution in [0.15, 0.2) is 48.6 Å². The van der Waals surface area contributed by atoms with Crippen LogP contribution >= 0.6 is 0 Å². The fourth-order valence-corrected chi connectivity index (χ4v) is 4.33. The minimum absolute atomic E-state index is 0.142. The number of ether oxygens (including phenoxy) is 2. The van der Waals surface area contributed by atoms with E-state index >= 15 is 0 Å². The molecule has 1 unspecified atom stereocenters. The second-order valence-corrected chi connectivity index (χ2v) is 11.1. The first-order valence-electron chi connectivity index (χ1n) is 16.8. The predicted molar refractivity (Wildman–Crippen MR) is 174 cm³/mol. The van der Waals surface area contributed by atoms with Gasteiger partial charge in [-0.3, -0.25) is 9.59 Å². The molecule has 0 bridgehead atoms. The van der Waals surface area contributed by atoms with Gasteiger partial charge >= 0.3 is 11.9 Å². The van der Waals surface area contributed by atoms with Crippen molar-refractivity contribution in [3.63, 3.8) is 0 Å². The molecule has 0 saturated carbocycles. The summed E-state index contributed by atoms with van der Waals surface area (Å²) < 4.78 is 10.2. The van der Waals surface area contributed by atoms with E-state index in [0.717, 1.165) is 64.2 Å². The summed E-state index contributed by atoms with van der Waals surface area (Å²) >= 11 is 0. The van der Waals surface area contributed by atoms with Crippen LogP contribution in [-0.4, -0.2) is 47.6 Å². The number of carbonyl (C=O) groups is 2. The van der Waals surface area contributed by atoms with Crippen molar-refractivity contribution in [1.29, 1.82) is 0 Å². The molecule has 0 aliphatic rings. The van der Waals surface area contributed by atoms with Crippen molar-refractivity contribution in [3.8, 4) is 0 Å². The number of esters is 2. The van der Waals surface area contributed by atoms with Crippen molar-refractivity contribution >= 4 is 11.9 Å². The summed E-state index contributed by atoms with van der Waals surface area (Å²) in [5.41, 5.74) is 0. The number of aliphatic hydroxyl groups excluding tert-OH is 2. The molecule has 0 spiro atoms. The largest absolute Gasteiger partial charge is 0.463 e. The minimum Gasteiger partial charge on any atom is -0.463 e. The van der Waals surface area contributed by atoms with Crippen molar-refractivity contribution in [2.45, 2.75) is 154 Å². The Kier molecular flexibility index (Phi) is 30.1. The van der Waals surface area contributed by atoms with Gasteiger partial charge in [-0.25, -0.2) is 0 Å². The van der Waals surface area contributed by atoms with Crippen LogP contribution in [0.4, 0.5) is 0 Å². The number of carbonyl (C=O) groups excluding carboxylic acids is 2. The third-order valence-corrected chi connectivity index (χ3v) is 6.87. The molecule has 0 heterocycles. The molecule has 6 heteroatoms. The lowest BCUT2D eigenvalue weighted by atomic mass is 10.1. The van der Waals surface area contributed by atoms with Crippen molar-refractivity contribution in [1.82, 2.24) is 0 Å². The van der Waals surface area contributed by atoms with Gasteiger partial charge in [-0.15, -0.1) is 0 Å². The number of unbranched alkanes of at least 4 members (excludes halogenated alkanes) is 10. The number of rotatable bonds is 29. The first-order chi connectivity index (χ1) is 20.5. The second-order valence-electron chi connectivity index (χ2n) is 11.1. The Bertz CT molecular complexity index is 739. The van der Waals surface area contributed by atoms with Gasteiger partial charge in [0.25, 0.3) is 0 Å². The molecule has 0 aliphatic heterocycles. The Morgan fingerprint density at radius 1 is 0.548 bits per heavy atom. The number of hydrogen-bond acceptors (Lipinski definition) is 6. The Morgan fingerprint density at radius 3 is 1.52 bits per heavy atom. The summed E-state index contributed by atoms with van der Waals surface area (Å²) in [5, 5.41) is 19.6. The molecular formula is C36H62O6. The molecule has 0 aliphatic carbocycles. The summed E-state index contributed by atoms with van der Waals surface area (Å²) in [6, 6.07) is 0. The van der Waals surface area contributed by atoms with Gasteiger partial charge in [-0.1, -0.05) is 127 Å². The Morgan fingerprint density at radius 2 is 1.00 bits per heavy atom. The molecule has 0 amide bonds. The monoisotopic (exact) mass is 590 g/mol. The number of aliphatic hydroxyl groups is 2. The first kappa shape index (κ1) is 39.8. The molecule has 0 aromatic heterocycles. The molecule has 6 nitrogen and oxygen atoms in total. The highest BCUT2D eigenvalue weighted by molar-refractivity contribution is 5.69. The summed E-state index contributed by atoms with van der Waals surface area (Å²) in [6.07, 6.45) is 35.1. The van der Waals surface area contributed by atoms with Crippen molar-refractivity contribution < 1.29 is 29.3 Å². The molecular weight excluding hydrogens is 528 g/mol. The number of allylic oxidation sites excluding steroid dienone is 7. The van der Waals surface area contributed by atoms with Crippen LogP contribution in [0.1, 0.15) is 142 Å². The van der Waals surface area contributed by atoms with Crippen LogP contribution in [0.25, 0.3) is 0 Å². The van der Waals surface area contributed by atoms with E-state index in [9.17, 15) is 19.8 Å². The Balaban J connectivity index is 3.61. The highest BCUT2D eigenvalue weighted by Gasteiger charge is 2.12. The van der Waals surface area contributed by atoms with Gasteiger partial charge in [0, 0.05) is 12.8 Å². The molecule has 2 N–H and O–H groups in total. The Hall–Kier alpha value is -2.18. The standard InChI is InChI=1S/C36H62O6/c1-3-5-6-7-8-9-16-19-22-25-29-35(39)41-31-34(38)32-42-36(40)30-26-23-20-17-14-12-10-11-13-15-18-21-24-28-33(37)27-4-2/h10,12-13,15,17,20-21,24,33-34,37-38H,3-9,11,14,16,18-19,22-23,25-32H2,1-2H3/b12-10-,15-13-,20-17-,24-21-/t33?,34-/m0/s1. The molecule has 0 aromatic carbocycles. The van der Waals surface area contributed by atoms with Crippen LogP contribution in [0.5, 0.6) is 0 Å². The molecule has 2 atom stereocenters. The molecule has 0 aromatic rings. The van der Waals surface area contributed by atoms with E-state index in [2.05, 4.69) is 56.4 Å². The molecule has 0 fully saturated rings. The predicted octanol–water partition coefficient (Wildman–Crippen LogP) is 8.86. The van der Waals surface area contributed by atoms with E-state index in [1.807, 2.05) is 6.08 Å². The fraction of sp³-hybridized carbons (Fsp3) is 0.722. The van der Waals surface area contributed by atoms with Crippen molar-refractivity contribution in [2.24, 2.45) is 0 Å². The van der Waals surface area contributed by atoms with Crippen LogP contribution in [0.2, 0.25) is 0 Å². The lowest BCUT2D eigenvalue weighted by Gasteiger charge is -2.12. The van der Waals surface area contributed by atoms with Crippen LogP contribution in [0.3, 0.4) is 0 Å². The lowest BCUT2D eigenvalue weighted by molar-refractivity contribution is -0.152. The van der Waals surface area contributed by atoms with Gasteiger partial charge in [-0.2, -0.15) is 0 Å². The Labute approximate surface area is 257 Å². The molecule has 242 valence electrons. The average Bonchev–Trinajstić information content (AvgIpc) is 2.98. The van der Waals surface area contributed by atoms with Gasteiger partial charge in [0.2, 0.25) is 0 Å². The molecule has 0 saturated heterocycles. The third-order valence-electron chi connectivity index (χ3n) is 6.87. The zero-order chi connectivity index (χ0) is 30.9. The highest BCUT2D eigenvalue weighted by Crippen LogP contribution is 2.11. The molecule has 42 heavy (non-hydrogen) atoms. The number of hydrogen-bond donors (Lipinski definition) is 2. The molecule has 0 radical (unpaired) electrons. The summed E-state index contributed by atoms with van der Waals surface area (Å²) in [5.74, 6) is -0.654. The summed E-state index contributed by atoms with van der Waals surface area (Å²) in [6.45, 7) is 4.02. The van der Waals surface area contributed by atoms with E-state index in [1.54, 1.807) is 0 Å². The quantitative estimate of drug-likeness (QED) is 0.0513. The van der Waals surface area contributed by atoms with Crippen molar-refractivity contribution in [2.75, 3.05) is 13.2 Å². The SMILES string of the molecule is CCCCCCCCCCCCC(=O)OC[C@H](O)COC(=O)CCC/C=C\C/C=C\C/C=C\C/C=C\CC(O)CCC. The first-order valence-corrected chi connectivity index (χ1v) is 16.8. The van der Waals surface area contributed by atoms with Crippen LogP contribution in [-0.2, 0) is 19.1 Å². The normalized spacial score (nSPS) is 13.5. The third kappa shape index (κ3) is 30.8. The second kappa shape index (κ2) is 31.7. The van der Waals surface area contributed by atoms with Gasteiger partial charge in [0.15, 0.2) is 0 Å². The van der Waals surface area contributed by atoms with E-state index in [4.69, 9.17) is 9.47 Å². The van der Waals surface area contributed by atoms with Gasteiger partial charge in [0.05, 0.1) is 6.10 Å². The van der Waals surface area contributed by atoms with Gasteiger partial charge < -0.3 is 19.7 Å². The van der Waals surface area contributed by atoms with Crippen LogP contribution in [0, 0.1) is 0 Å². The topological polar surface area (TPSA) is 93.1 Å². The average molecular weight is 591 g/mol. The molecule has 0 rings (SSSR count). The smallest absolute Gasteiger partial charge is 0.305 e. The zero-order valence-corrected chi connectivity index (χ0v) is 26.9. The minimum atomic E-state index is -0.992. The maximum absolute atomic E-state index is 11.9. The lowest BCUT2D eigenvalue weighted by Crippen LogP contribution is -2.25. The van der Waals surface area contributed by atoms with E-state index < -0.39 is 6.10 Å². The van der Waals surface area contributed by atoms with Gasteiger partial charge in [-0.05, 0) is 51.4 Å². The zero-order valence-electron chi connectivity index (χ0n) is 26.9. The highest BCUT2D eigenvalue weighted by atomic mass is 16.6. The van der Waals surface area contributed by atoms with Crippen molar-refractivity contribution in [3.05, 3.63) is 48.6 Å². The van der Waals surface area contributed by atoms with Gasteiger partial charge in [0.1, 0.15) is 19.3 Å². The van der Waals surface area contributed by atoms with E-state index in [0.29, 0.717) is 19.3 Å². The van der Waals surface area contributed by atoms with E-state index in [1.165, 1.54) is 44.9 Å². The summed E-state index contributed by atoms with van der Waals surface area (Å²) in [7, 11) is 0. The van der Waals surface area contributed by atoms with E-state index in [-0.39, 0.29) is 31.3 Å². The van der Waals surface area contributed by atoms with Crippen LogP contribution < -0.4 is 0 Å². The fourth-order valence-electron chi connectivity index (χ4n) is 4.33. The maximum Gasteiger partial charge on any atom is 0.305 e. The maximum atomic E-state index is 11.9. The summed E-state index contributed by atoms with van der Waals surface area (Å²) in [4.78, 5) is 23.7.